The number of para-hydroxylation sites is 1. The van der Waals surface area contributed by atoms with Crippen molar-refractivity contribution in [3.05, 3.63) is 36.0 Å². The van der Waals surface area contributed by atoms with Crippen molar-refractivity contribution < 1.29 is 32.2 Å². The lowest BCUT2D eigenvalue weighted by Crippen LogP contribution is -2.56. The van der Waals surface area contributed by atoms with Gasteiger partial charge in [0.05, 0.1) is 7.11 Å². The zero-order chi connectivity index (χ0) is 20.5. The average Bonchev–Trinajstić information content (AvgIpc) is 2.95. The lowest BCUT2D eigenvalue weighted by molar-refractivity contribution is -0.244. The number of rotatable bonds is 5. The number of ether oxygens (including phenoxy) is 2. The number of alkyl carbamates (subject to hydrolysis) is 1. The SMILES string of the molecule is COC(=O)[C@](C)(Cc1c[nH]c2ccccc12)NC(=O)OC(C)(C)C(F)(F)F. The van der Waals surface area contributed by atoms with Crippen molar-refractivity contribution in [2.75, 3.05) is 7.11 Å². The van der Waals surface area contributed by atoms with Gasteiger partial charge in [-0.05, 0) is 32.4 Å². The molecule has 0 unspecified atom stereocenters. The van der Waals surface area contributed by atoms with Crippen LogP contribution < -0.4 is 5.32 Å². The smallest absolute Gasteiger partial charge is 0.427 e. The average molecular weight is 386 g/mol. The van der Waals surface area contributed by atoms with Gasteiger partial charge in [-0.3, -0.25) is 0 Å². The van der Waals surface area contributed by atoms with Gasteiger partial charge < -0.3 is 19.8 Å². The van der Waals surface area contributed by atoms with Crippen LogP contribution in [0.25, 0.3) is 10.9 Å². The van der Waals surface area contributed by atoms with Crippen LogP contribution in [0.3, 0.4) is 0 Å². The Morgan fingerprint density at radius 1 is 1.15 bits per heavy atom. The molecule has 148 valence electrons. The highest BCUT2D eigenvalue weighted by atomic mass is 19.4. The van der Waals surface area contributed by atoms with Crippen LogP contribution in [0.15, 0.2) is 30.5 Å². The van der Waals surface area contributed by atoms with Crippen molar-refractivity contribution >= 4 is 23.0 Å². The topological polar surface area (TPSA) is 80.4 Å². The van der Waals surface area contributed by atoms with Crippen LogP contribution in [0.1, 0.15) is 26.3 Å². The van der Waals surface area contributed by atoms with Crippen molar-refractivity contribution in [1.29, 1.82) is 0 Å². The molecule has 2 N–H and O–H groups in total. The van der Waals surface area contributed by atoms with E-state index in [1.807, 2.05) is 24.3 Å². The van der Waals surface area contributed by atoms with Gasteiger partial charge in [0.15, 0.2) is 0 Å². The molecule has 1 aromatic heterocycles. The number of hydrogen-bond acceptors (Lipinski definition) is 4. The van der Waals surface area contributed by atoms with Crippen molar-refractivity contribution in [2.24, 2.45) is 0 Å². The van der Waals surface area contributed by atoms with E-state index in [1.54, 1.807) is 6.20 Å². The number of hydrogen-bond donors (Lipinski definition) is 2. The molecular weight excluding hydrogens is 365 g/mol. The fraction of sp³-hybridized carbons (Fsp3) is 0.444. The maximum absolute atomic E-state index is 12.9. The summed E-state index contributed by atoms with van der Waals surface area (Å²) in [4.78, 5) is 27.4. The fourth-order valence-corrected chi connectivity index (χ4v) is 2.59. The molecule has 0 fully saturated rings. The minimum Gasteiger partial charge on any atom is -0.467 e. The first-order chi connectivity index (χ1) is 12.4. The molecule has 1 aromatic carbocycles. The molecule has 2 aromatic rings. The Morgan fingerprint density at radius 2 is 1.78 bits per heavy atom. The summed E-state index contributed by atoms with van der Waals surface area (Å²) in [7, 11) is 1.13. The first-order valence-electron chi connectivity index (χ1n) is 8.11. The number of carbonyl (C=O) groups excluding carboxylic acids is 2. The number of nitrogens with one attached hydrogen (secondary N) is 2. The molecule has 27 heavy (non-hydrogen) atoms. The second kappa shape index (κ2) is 7.13. The van der Waals surface area contributed by atoms with Gasteiger partial charge in [-0.1, -0.05) is 18.2 Å². The maximum atomic E-state index is 12.9. The van der Waals surface area contributed by atoms with Gasteiger partial charge in [0.25, 0.3) is 0 Å². The third-order valence-corrected chi connectivity index (χ3v) is 4.26. The van der Waals surface area contributed by atoms with Crippen LogP contribution >= 0.6 is 0 Å². The molecule has 9 heteroatoms. The standard InChI is InChI=1S/C18H21F3N2O4/c1-16(2,18(19,20)21)27-15(25)23-17(3,14(24)26-4)9-11-10-22-13-8-6-5-7-12(11)13/h5-8,10,22H,9H2,1-4H3,(H,23,25)/t17-/m0/s1. The highest BCUT2D eigenvalue weighted by molar-refractivity contribution is 5.88. The van der Waals surface area contributed by atoms with Crippen LogP contribution in [0.4, 0.5) is 18.0 Å². The lowest BCUT2D eigenvalue weighted by atomic mass is 9.92. The van der Waals surface area contributed by atoms with E-state index in [0.717, 1.165) is 31.9 Å². The molecule has 2 rings (SSSR count). The normalized spacial score (nSPS) is 14.5. The van der Waals surface area contributed by atoms with E-state index < -0.39 is 29.4 Å². The predicted octanol–water partition coefficient (Wildman–Crippen LogP) is 3.71. The first-order valence-corrected chi connectivity index (χ1v) is 8.11. The predicted molar refractivity (Wildman–Crippen MR) is 92.2 cm³/mol. The largest absolute Gasteiger partial charge is 0.467 e. The van der Waals surface area contributed by atoms with E-state index in [9.17, 15) is 22.8 Å². The van der Waals surface area contributed by atoms with Crippen molar-refractivity contribution in [3.8, 4) is 0 Å². The zero-order valence-electron chi connectivity index (χ0n) is 15.4. The molecule has 6 nitrogen and oxygen atoms in total. The molecular formula is C18H21F3N2O4. The number of benzene rings is 1. The minimum absolute atomic E-state index is 0.00870. The monoisotopic (exact) mass is 386 g/mol. The molecule has 0 radical (unpaired) electrons. The van der Waals surface area contributed by atoms with Crippen LogP contribution in [-0.2, 0) is 20.7 Å². The maximum Gasteiger partial charge on any atom is 0.427 e. The highest BCUT2D eigenvalue weighted by Crippen LogP contribution is 2.33. The summed E-state index contributed by atoms with van der Waals surface area (Å²) in [6.07, 6.45) is -4.47. The van der Waals surface area contributed by atoms with Crippen LogP contribution in [-0.4, -0.2) is 41.5 Å². The van der Waals surface area contributed by atoms with Gasteiger partial charge in [0.2, 0.25) is 5.60 Å². The number of aromatic amines is 1. The summed E-state index contributed by atoms with van der Waals surface area (Å²) >= 11 is 0. The van der Waals surface area contributed by atoms with Gasteiger partial charge in [-0.2, -0.15) is 13.2 Å². The van der Waals surface area contributed by atoms with Crippen molar-refractivity contribution in [3.63, 3.8) is 0 Å². The summed E-state index contributed by atoms with van der Waals surface area (Å²) < 4.78 is 48.0. The second-order valence-corrected chi connectivity index (χ2v) is 6.88. The lowest BCUT2D eigenvalue weighted by Gasteiger charge is -2.31. The van der Waals surface area contributed by atoms with Gasteiger partial charge >= 0.3 is 18.2 Å². The molecule has 0 aliphatic rings. The number of esters is 1. The van der Waals surface area contributed by atoms with E-state index in [4.69, 9.17) is 4.74 Å². The Balaban J connectivity index is 2.26. The fourth-order valence-electron chi connectivity index (χ4n) is 2.59. The third kappa shape index (κ3) is 4.35. The first kappa shape index (κ1) is 20.6. The number of methoxy groups -OCH3 is 1. The molecule has 0 bridgehead atoms. The van der Waals surface area contributed by atoms with Crippen molar-refractivity contribution in [1.82, 2.24) is 10.3 Å². The summed E-state index contributed by atoms with van der Waals surface area (Å²) in [5.41, 5.74) is -2.83. The van der Waals surface area contributed by atoms with Gasteiger partial charge in [-0.15, -0.1) is 0 Å². The summed E-state index contributed by atoms with van der Waals surface area (Å²) in [5.74, 6) is -0.811. The van der Waals surface area contributed by atoms with Crippen molar-refractivity contribution in [2.45, 2.75) is 44.5 Å². The number of H-pyrrole nitrogens is 1. The molecule has 0 saturated heterocycles. The molecule has 0 saturated carbocycles. The zero-order valence-corrected chi connectivity index (χ0v) is 15.4. The summed E-state index contributed by atoms with van der Waals surface area (Å²) in [6, 6.07) is 7.30. The molecule has 0 aliphatic carbocycles. The Kier molecular flexibility index (Phi) is 5.44. The van der Waals surface area contributed by atoms with E-state index >= 15 is 0 Å². The quantitative estimate of drug-likeness (QED) is 0.768. The second-order valence-electron chi connectivity index (χ2n) is 6.88. The number of aromatic nitrogens is 1. The molecule has 0 aliphatic heterocycles. The molecule has 1 amide bonds. The number of amides is 1. The summed E-state index contributed by atoms with van der Waals surface area (Å²) in [5, 5.41) is 3.04. The number of alkyl halides is 3. The molecule has 1 heterocycles. The van der Waals surface area contributed by atoms with E-state index in [2.05, 4.69) is 15.0 Å². The molecule has 0 spiro atoms. The van der Waals surface area contributed by atoms with E-state index in [1.165, 1.54) is 6.92 Å². The van der Waals surface area contributed by atoms with Crippen LogP contribution in [0.5, 0.6) is 0 Å². The van der Waals surface area contributed by atoms with Crippen LogP contribution in [0, 0.1) is 0 Å². The Morgan fingerprint density at radius 3 is 2.37 bits per heavy atom. The number of carbonyl (C=O) groups is 2. The summed E-state index contributed by atoms with van der Waals surface area (Å²) in [6.45, 7) is 2.81. The Labute approximate surface area is 154 Å². The van der Waals surface area contributed by atoms with Crippen LogP contribution in [0.2, 0.25) is 0 Å². The third-order valence-electron chi connectivity index (χ3n) is 4.26. The number of halogens is 3. The number of fused-ring (bicyclic) bond motifs is 1. The Hall–Kier alpha value is -2.71. The Bertz CT molecular complexity index is 844. The highest BCUT2D eigenvalue weighted by Gasteiger charge is 2.51. The van der Waals surface area contributed by atoms with E-state index in [-0.39, 0.29) is 6.42 Å². The van der Waals surface area contributed by atoms with Gasteiger partial charge in [0, 0.05) is 23.5 Å². The molecule has 1 atom stereocenters. The van der Waals surface area contributed by atoms with E-state index in [0.29, 0.717) is 5.56 Å². The minimum atomic E-state index is -4.76. The van der Waals surface area contributed by atoms with Gasteiger partial charge in [-0.25, -0.2) is 9.59 Å². The van der Waals surface area contributed by atoms with Gasteiger partial charge in [0.1, 0.15) is 5.54 Å².